The minimum absolute atomic E-state index is 0.154. The molecule has 0 fully saturated rings. The number of carbonyl (C=O) groups is 2. The van der Waals surface area contributed by atoms with Gasteiger partial charge in [0, 0.05) is 0 Å². The van der Waals surface area contributed by atoms with Crippen molar-refractivity contribution in [2.24, 2.45) is 0 Å². The highest BCUT2D eigenvalue weighted by Gasteiger charge is 2.39. The fraction of sp³-hybridized carbons (Fsp3) is 0.222. The van der Waals surface area contributed by atoms with Crippen LogP contribution in [-0.2, 0) is 32.2 Å². The summed E-state index contributed by atoms with van der Waals surface area (Å²) < 4.78 is 71.2. The summed E-state index contributed by atoms with van der Waals surface area (Å²) in [5.74, 6) is -2.82. The van der Waals surface area contributed by atoms with E-state index in [0.717, 1.165) is 12.1 Å². The maximum absolute atomic E-state index is 13.1. The number of hydrogen-bond donors (Lipinski definition) is 2. The molecule has 0 unspecified atom stereocenters. The molecule has 1 aliphatic rings. The van der Waals surface area contributed by atoms with E-state index >= 15 is 0 Å². The second-order valence-electron chi connectivity index (χ2n) is 6.38. The fourth-order valence-electron chi connectivity index (χ4n) is 2.90. The average molecular weight is 445 g/mol. The molecule has 0 aliphatic carbocycles. The highest BCUT2D eigenvalue weighted by atomic mass is 32.2. The monoisotopic (exact) mass is 445 g/mol. The highest BCUT2D eigenvalue weighted by Crippen LogP contribution is 2.39. The number of carboxylic acid groups (broad SMARTS) is 2. The van der Waals surface area contributed by atoms with Gasteiger partial charge in [-0.2, -0.15) is 13.2 Å². The van der Waals surface area contributed by atoms with Gasteiger partial charge in [-0.15, -0.1) is 0 Å². The third kappa shape index (κ3) is 4.17. The summed E-state index contributed by atoms with van der Waals surface area (Å²) in [6, 6.07) is 6.76. The molecular formula is C18H14F3NO7S. The lowest BCUT2D eigenvalue weighted by atomic mass is 10.1. The van der Waals surface area contributed by atoms with Gasteiger partial charge in [-0.3, -0.25) is 9.10 Å². The molecule has 0 saturated heterocycles. The van der Waals surface area contributed by atoms with Crippen molar-refractivity contribution in [3.63, 3.8) is 0 Å². The molecule has 160 valence electrons. The second kappa shape index (κ2) is 7.52. The van der Waals surface area contributed by atoms with Crippen molar-refractivity contribution >= 4 is 27.6 Å². The van der Waals surface area contributed by atoms with Crippen LogP contribution in [0.25, 0.3) is 0 Å². The van der Waals surface area contributed by atoms with Crippen LogP contribution in [0.3, 0.4) is 0 Å². The van der Waals surface area contributed by atoms with E-state index in [4.69, 9.17) is 9.84 Å². The zero-order valence-corrected chi connectivity index (χ0v) is 15.8. The molecule has 0 aromatic heterocycles. The Morgan fingerprint density at radius 1 is 1.13 bits per heavy atom. The molecule has 1 aliphatic heterocycles. The molecule has 12 heteroatoms. The lowest BCUT2D eigenvalue weighted by Gasteiger charge is -2.34. The number of halogens is 3. The molecule has 0 radical (unpaired) electrons. The summed E-state index contributed by atoms with van der Waals surface area (Å²) >= 11 is 0. The van der Waals surface area contributed by atoms with Crippen LogP contribution < -0.4 is 9.04 Å². The van der Waals surface area contributed by atoms with Crippen LogP contribution in [0.15, 0.2) is 47.4 Å². The Labute approximate surface area is 168 Å². The summed E-state index contributed by atoms with van der Waals surface area (Å²) in [6.45, 7) is -0.711. The number of anilines is 1. The highest BCUT2D eigenvalue weighted by molar-refractivity contribution is 7.92. The third-order valence-corrected chi connectivity index (χ3v) is 6.05. The van der Waals surface area contributed by atoms with Gasteiger partial charge in [-0.25, -0.2) is 13.2 Å². The molecule has 0 bridgehead atoms. The van der Waals surface area contributed by atoms with E-state index in [0.29, 0.717) is 16.4 Å². The third-order valence-electron chi connectivity index (χ3n) is 4.27. The number of rotatable bonds is 5. The number of hydrogen-bond acceptors (Lipinski definition) is 5. The Morgan fingerprint density at radius 2 is 1.83 bits per heavy atom. The molecule has 0 spiro atoms. The predicted octanol–water partition coefficient (Wildman–Crippen LogP) is 2.37. The molecular weight excluding hydrogens is 431 g/mol. The van der Waals surface area contributed by atoms with Gasteiger partial charge in [0.25, 0.3) is 10.0 Å². The van der Waals surface area contributed by atoms with Crippen molar-refractivity contribution in [3.05, 3.63) is 53.6 Å². The summed E-state index contributed by atoms with van der Waals surface area (Å²) in [5.41, 5.74) is -1.15. The van der Waals surface area contributed by atoms with Crippen LogP contribution in [-0.4, -0.2) is 43.2 Å². The van der Waals surface area contributed by atoms with Crippen molar-refractivity contribution < 1.29 is 46.1 Å². The fourth-order valence-corrected chi connectivity index (χ4v) is 4.41. The van der Waals surface area contributed by atoms with Gasteiger partial charge >= 0.3 is 18.1 Å². The quantitative estimate of drug-likeness (QED) is 0.725. The Bertz CT molecular complexity index is 1120. The number of alkyl halides is 3. The number of nitrogens with zero attached hydrogens (tertiary/aromatic N) is 1. The van der Waals surface area contributed by atoms with Gasteiger partial charge in [-0.1, -0.05) is 12.1 Å². The van der Waals surface area contributed by atoms with E-state index in [2.05, 4.69) is 0 Å². The number of benzene rings is 2. The first-order valence-electron chi connectivity index (χ1n) is 8.34. The topological polar surface area (TPSA) is 121 Å². The van der Waals surface area contributed by atoms with Gasteiger partial charge in [0.05, 0.1) is 29.1 Å². The molecule has 0 saturated carbocycles. The summed E-state index contributed by atoms with van der Waals surface area (Å²) in [5, 5.41) is 18.2. The zero-order valence-electron chi connectivity index (χ0n) is 15.0. The first kappa shape index (κ1) is 21.4. The first-order chi connectivity index (χ1) is 13.9. The first-order valence-corrected chi connectivity index (χ1v) is 9.78. The maximum atomic E-state index is 13.1. The molecule has 30 heavy (non-hydrogen) atoms. The van der Waals surface area contributed by atoms with Gasteiger partial charge in [0.1, 0.15) is 5.75 Å². The molecule has 2 aromatic rings. The van der Waals surface area contributed by atoms with Gasteiger partial charge in [0.2, 0.25) is 6.10 Å². The predicted molar refractivity (Wildman–Crippen MR) is 95.8 cm³/mol. The Hall–Kier alpha value is -3.28. The Kier molecular flexibility index (Phi) is 5.37. The number of sulfonamides is 1. The number of aliphatic carboxylic acids is 2. The number of carboxylic acids is 2. The van der Waals surface area contributed by atoms with Crippen LogP contribution in [0.5, 0.6) is 5.75 Å². The van der Waals surface area contributed by atoms with E-state index in [1.54, 1.807) is 0 Å². The lowest BCUT2D eigenvalue weighted by molar-refractivity contribution is -0.144. The zero-order chi connectivity index (χ0) is 22.3. The summed E-state index contributed by atoms with van der Waals surface area (Å²) in [4.78, 5) is 21.7. The minimum Gasteiger partial charge on any atom is -0.481 e. The Morgan fingerprint density at radius 3 is 2.43 bits per heavy atom. The molecule has 2 N–H and O–H groups in total. The van der Waals surface area contributed by atoms with Gasteiger partial charge in [0.15, 0.2) is 0 Å². The molecule has 0 amide bonds. The van der Waals surface area contributed by atoms with E-state index in [-0.39, 0.29) is 17.0 Å². The summed E-state index contributed by atoms with van der Waals surface area (Å²) in [6.07, 6.45) is -6.84. The molecule has 8 nitrogen and oxygen atoms in total. The van der Waals surface area contributed by atoms with Crippen molar-refractivity contribution in [2.45, 2.75) is 23.6 Å². The van der Waals surface area contributed by atoms with Crippen molar-refractivity contribution in [1.29, 1.82) is 0 Å². The number of fused-ring (bicyclic) bond motifs is 1. The molecule has 3 rings (SSSR count). The Balaban J connectivity index is 2.13. The van der Waals surface area contributed by atoms with E-state index in [1.165, 1.54) is 18.2 Å². The minimum atomic E-state index is -4.79. The maximum Gasteiger partial charge on any atom is 0.416 e. The molecule has 1 heterocycles. The van der Waals surface area contributed by atoms with E-state index < -0.39 is 57.7 Å². The van der Waals surface area contributed by atoms with Crippen LogP contribution in [0, 0.1) is 0 Å². The number of ether oxygens (including phenoxy) is 1. The van der Waals surface area contributed by atoms with Crippen LogP contribution >= 0.6 is 0 Å². The smallest absolute Gasteiger partial charge is 0.416 e. The van der Waals surface area contributed by atoms with Crippen molar-refractivity contribution in [2.75, 3.05) is 10.8 Å². The van der Waals surface area contributed by atoms with Crippen LogP contribution in [0.1, 0.15) is 11.1 Å². The van der Waals surface area contributed by atoms with E-state index in [9.17, 15) is 36.3 Å². The summed E-state index contributed by atoms with van der Waals surface area (Å²) in [7, 11) is -4.63. The molecule has 2 aromatic carbocycles. The van der Waals surface area contributed by atoms with Crippen LogP contribution in [0.2, 0.25) is 0 Å². The largest absolute Gasteiger partial charge is 0.481 e. The van der Waals surface area contributed by atoms with Crippen molar-refractivity contribution in [3.8, 4) is 5.75 Å². The lowest BCUT2D eigenvalue weighted by Crippen LogP contribution is -2.47. The second-order valence-corrected chi connectivity index (χ2v) is 8.24. The molecule has 1 atom stereocenters. The SMILES string of the molecule is O=C(O)Cc1ccc2c(c1)N(S(=O)(=O)c1cccc(C(F)(F)F)c1)C[C@H](C(=O)O)O2. The van der Waals surface area contributed by atoms with Gasteiger partial charge in [-0.05, 0) is 35.9 Å². The normalized spacial score (nSPS) is 16.5. The standard InChI is InChI=1S/C18H14F3NO7S/c19-18(20,21)11-2-1-3-12(8-11)30(27,28)22-9-15(17(25)26)29-14-5-4-10(6-13(14)22)7-16(23)24/h1-6,8,15H,7,9H2,(H,23,24)(H,25,26)/t15-/m1/s1. The van der Waals surface area contributed by atoms with Crippen molar-refractivity contribution in [1.82, 2.24) is 0 Å². The average Bonchev–Trinajstić information content (AvgIpc) is 2.66. The van der Waals surface area contributed by atoms with Gasteiger partial charge < -0.3 is 14.9 Å². The van der Waals surface area contributed by atoms with E-state index in [1.807, 2.05) is 0 Å². The van der Waals surface area contributed by atoms with Crippen LogP contribution in [0.4, 0.5) is 18.9 Å².